The molecule has 5 aromatic rings. The molecule has 0 aliphatic carbocycles. The Morgan fingerprint density at radius 3 is 1.84 bits per heavy atom. The van der Waals surface area contributed by atoms with Crippen LogP contribution >= 0.6 is 0 Å². The van der Waals surface area contributed by atoms with Crippen molar-refractivity contribution >= 4 is 17.4 Å². The van der Waals surface area contributed by atoms with Crippen molar-refractivity contribution in [2.24, 2.45) is 0 Å². The maximum atomic E-state index is 13.8. The van der Waals surface area contributed by atoms with Gasteiger partial charge in [-0.05, 0) is 66.1 Å². The van der Waals surface area contributed by atoms with E-state index in [0.717, 1.165) is 24.3 Å². The third-order valence-electron chi connectivity index (χ3n) is 7.64. The molecule has 5 rings (SSSR count). The highest BCUT2D eigenvalue weighted by molar-refractivity contribution is 6.03. The van der Waals surface area contributed by atoms with Crippen LogP contribution in [0.1, 0.15) is 74.3 Å². The zero-order chi connectivity index (χ0) is 32.7. The summed E-state index contributed by atoms with van der Waals surface area (Å²) in [5, 5.41) is 16.5. The summed E-state index contributed by atoms with van der Waals surface area (Å²) in [6, 6.07) is 16.0. The SMILES string of the molecule is CC(NC(=O)c1cc(-c2ccc(C(F)(F)F)cc2)cn2ncc([C@@H](C)c3ccc(C(F)(F)F)cc3)c12)c1ccc(C(=O)O)cc1. The van der Waals surface area contributed by atoms with E-state index in [1.165, 1.54) is 53.2 Å². The van der Waals surface area contributed by atoms with Crippen LogP contribution < -0.4 is 5.32 Å². The maximum absolute atomic E-state index is 13.8. The fourth-order valence-electron chi connectivity index (χ4n) is 5.06. The average Bonchev–Trinajstić information content (AvgIpc) is 3.43. The summed E-state index contributed by atoms with van der Waals surface area (Å²) in [5.41, 5.74) is 1.43. The number of halogens is 6. The van der Waals surface area contributed by atoms with Gasteiger partial charge in [-0.3, -0.25) is 4.79 Å². The first-order chi connectivity index (χ1) is 21.1. The first-order valence-corrected chi connectivity index (χ1v) is 13.6. The molecule has 2 N–H and O–H groups in total. The van der Waals surface area contributed by atoms with Gasteiger partial charge in [0.25, 0.3) is 5.91 Å². The van der Waals surface area contributed by atoms with E-state index in [1.807, 2.05) is 0 Å². The van der Waals surface area contributed by atoms with Crippen LogP contribution in [0.25, 0.3) is 16.6 Å². The predicted molar refractivity (Wildman–Crippen MR) is 154 cm³/mol. The average molecular weight is 626 g/mol. The van der Waals surface area contributed by atoms with Crippen molar-refractivity contribution in [2.45, 2.75) is 38.2 Å². The molecule has 12 heteroatoms. The summed E-state index contributed by atoms with van der Waals surface area (Å²) < 4.78 is 80.4. The summed E-state index contributed by atoms with van der Waals surface area (Å²) in [5.74, 6) is -2.14. The number of carbonyl (C=O) groups is 2. The minimum Gasteiger partial charge on any atom is -0.478 e. The van der Waals surface area contributed by atoms with Crippen LogP contribution in [0, 0.1) is 0 Å². The summed E-state index contributed by atoms with van der Waals surface area (Å²) in [7, 11) is 0. The molecule has 45 heavy (non-hydrogen) atoms. The molecule has 0 radical (unpaired) electrons. The van der Waals surface area contributed by atoms with Gasteiger partial charge in [-0.25, -0.2) is 9.31 Å². The zero-order valence-corrected chi connectivity index (χ0v) is 23.7. The summed E-state index contributed by atoms with van der Waals surface area (Å²) in [6.07, 6.45) is -5.97. The molecule has 2 aromatic heterocycles. The number of rotatable bonds is 7. The number of hydrogen-bond acceptors (Lipinski definition) is 3. The Kier molecular flexibility index (Phi) is 8.17. The van der Waals surface area contributed by atoms with Crippen molar-refractivity contribution in [1.29, 1.82) is 0 Å². The number of nitrogens with zero attached hydrogens (tertiary/aromatic N) is 2. The number of nitrogens with one attached hydrogen (secondary N) is 1. The van der Waals surface area contributed by atoms with Crippen LogP contribution in [-0.4, -0.2) is 26.6 Å². The lowest BCUT2D eigenvalue weighted by molar-refractivity contribution is -0.138. The van der Waals surface area contributed by atoms with E-state index in [0.29, 0.717) is 33.3 Å². The lowest BCUT2D eigenvalue weighted by atomic mass is 9.91. The molecule has 1 amide bonds. The zero-order valence-electron chi connectivity index (χ0n) is 23.7. The minimum absolute atomic E-state index is 0.0735. The largest absolute Gasteiger partial charge is 0.478 e. The molecule has 0 aliphatic heterocycles. The first-order valence-electron chi connectivity index (χ1n) is 13.6. The molecule has 3 aromatic carbocycles. The summed E-state index contributed by atoms with van der Waals surface area (Å²) in [6.45, 7) is 3.46. The van der Waals surface area contributed by atoms with Crippen LogP contribution in [0.4, 0.5) is 26.3 Å². The second kappa shape index (κ2) is 11.8. The number of carboxylic acids is 1. The fraction of sp³-hybridized carbons (Fsp3) is 0.182. The first kappa shape index (κ1) is 31.3. The van der Waals surface area contributed by atoms with Gasteiger partial charge in [0.15, 0.2) is 0 Å². The number of benzene rings is 3. The number of carboxylic acid groups (broad SMARTS) is 1. The molecule has 1 unspecified atom stereocenters. The van der Waals surface area contributed by atoms with Crippen molar-refractivity contribution in [2.75, 3.05) is 0 Å². The maximum Gasteiger partial charge on any atom is 0.416 e. The standard InChI is InChI=1S/C33H25F6N3O3/c1-18(20-7-11-25(12-8-20)32(34,35)36)28-16-40-42-17-24(22-9-13-26(14-10-22)33(37,38)39)15-27(29(28)42)30(43)41-19(2)21-3-5-23(6-4-21)31(44)45/h3-19H,1-2H3,(H,41,43)(H,44,45)/t18-,19?/m0/s1. The normalized spacial score (nSPS) is 13.4. The number of amides is 1. The summed E-state index contributed by atoms with van der Waals surface area (Å²) >= 11 is 0. The van der Waals surface area contributed by atoms with E-state index >= 15 is 0 Å². The van der Waals surface area contributed by atoms with Crippen LogP contribution in [0.5, 0.6) is 0 Å². The molecular weight excluding hydrogens is 600 g/mol. The van der Waals surface area contributed by atoms with E-state index in [1.54, 1.807) is 32.2 Å². The number of fused-ring (bicyclic) bond motifs is 1. The van der Waals surface area contributed by atoms with Gasteiger partial charge in [-0.1, -0.05) is 43.3 Å². The molecule has 0 bridgehead atoms. The van der Waals surface area contributed by atoms with E-state index < -0.39 is 47.3 Å². The number of pyridine rings is 1. The van der Waals surface area contributed by atoms with Crippen molar-refractivity contribution < 1.29 is 41.0 Å². The lowest BCUT2D eigenvalue weighted by Crippen LogP contribution is -2.27. The summed E-state index contributed by atoms with van der Waals surface area (Å²) in [4.78, 5) is 25.1. The molecule has 0 fully saturated rings. The number of carbonyl (C=O) groups excluding carboxylic acids is 1. The number of aromatic carboxylic acids is 1. The molecule has 0 spiro atoms. The van der Waals surface area contributed by atoms with Crippen molar-refractivity contribution in [1.82, 2.24) is 14.9 Å². The van der Waals surface area contributed by atoms with Gasteiger partial charge in [-0.15, -0.1) is 0 Å². The van der Waals surface area contributed by atoms with Crippen LogP contribution in [0.3, 0.4) is 0 Å². The number of hydrogen-bond donors (Lipinski definition) is 2. The monoisotopic (exact) mass is 625 g/mol. The smallest absolute Gasteiger partial charge is 0.416 e. The third-order valence-corrected chi connectivity index (χ3v) is 7.64. The topological polar surface area (TPSA) is 83.7 Å². The Morgan fingerprint density at radius 1 is 0.778 bits per heavy atom. The van der Waals surface area contributed by atoms with Gasteiger partial charge >= 0.3 is 18.3 Å². The fourth-order valence-corrected chi connectivity index (χ4v) is 5.06. The molecule has 232 valence electrons. The highest BCUT2D eigenvalue weighted by Crippen LogP contribution is 2.36. The van der Waals surface area contributed by atoms with Crippen molar-refractivity contribution in [3.8, 4) is 11.1 Å². The lowest BCUT2D eigenvalue weighted by Gasteiger charge is -2.18. The van der Waals surface area contributed by atoms with Crippen molar-refractivity contribution in [3.05, 3.63) is 130 Å². The quantitative estimate of drug-likeness (QED) is 0.178. The van der Waals surface area contributed by atoms with E-state index in [9.17, 15) is 41.0 Å². The Bertz CT molecular complexity index is 1860. The molecular formula is C33H25F6N3O3. The molecule has 0 aliphatic rings. The van der Waals surface area contributed by atoms with Gasteiger partial charge in [-0.2, -0.15) is 31.4 Å². The number of alkyl halides is 6. The van der Waals surface area contributed by atoms with Gasteiger partial charge in [0.05, 0.1) is 40.0 Å². The Hall–Kier alpha value is -5.13. The molecule has 0 saturated heterocycles. The van der Waals surface area contributed by atoms with E-state index in [2.05, 4.69) is 10.4 Å². The van der Waals surface area contributed by atoms with Gasteiger partial charge in [0.1, 0.15) is 0 Å². The predicted octanol–water partition coefficient (Wildman–Crippen LogP) is 8.38. The molecule has 2 atom stereocenters. The Balaban J connectivity index is 1.57. The molecule has 2 heterocycles. The molecule has 0 saturated carbocycles. The van der Waals surface area contributed by atoms with Crippen molar-refractivity contribution in [3.63, 3.8) is 0 Å². The third kappa shape index (κ3) is 6.54. The Morgan fingerprint density at radius 2 is 1.31 bits per heavy atom. The van der Waals surface area contributed by atoms with Crippen LogP contribution in [0.2, 0.25) is 0 Å². The van der Waals surface area contributed by atoms with Gasteiger partial charge < -0.3 is 10.4 Å². The van der Waals surface area contributed by atoms with E-state index in [-0.39, 0.29) is 11.1 Å². The molecule has 6 nitrogen and oxygen atoms in total. The second-order valence-corrected chi connectivity index (χ2v) is 10.6. The van der Waals surface area contributed by atoms with Gasteiger partial charge in [0, 0.05) is 23.2 Å². The second-order valence-electron chi connectivity index (χ2n) is 10.6. The van der Waals surface area contributed by atoms with Crippen LogP contribution in [0.15, 0.2) is 91.3 Å². The number of aromatic nitrogens is 2. The highest BCUT2D eigenvalue weighted by Gasteiger charge is 2.31. The van der Waals surface area contributed by atoms with Gasteiger partial charge in [0.2, 0.25) is 0 Å². The minimum atomic E-state index is -4.53. The van der Waals surface area contributed by atoms with Crippen LogP contribution in [-0.2, 0) is 12.4 Å². The van der Waals surface area contributed by atoms with E-state index in [4.69, 9.17) is 0 Å². The highest BCUT2D eigenvalue weighted by atomic mass is 19.4. The Labute approximate surface area is 252 Å².